The third-order valence-corrected chi connectivity index (χ3v) is 3.08. The van der Waals surface area contributed by atoms with Crippen molar-refractivity contribution in [1.82, 2.24) is 0 Å². The second kappa shape index (κ2) is 12.0. The Morgan fingerprint density at radius 3 is 1.81 bits per heavy atom. The number of benzene rings is 2. The van der Waals surface area contributed by atoms with Gasteiger partial charge in [0.2, 0.25) is 0 Å². The number of rotatable bonds is 3. The van der Waals surface area contributed by atoms with Gasteiger partial charge in [0.05, 0.1) is 0 Å². The number of aryl methyl sites for hydroxylation is 2. The molecule has 0 bridgehead atoms. The van der Waals surface area contributed by atoms with Gasteiger partial charge in [-0.25, -0.2) is 0 Å². The van der Waals surface area contributed by atoms with Crippen molar-refractivity contribution in [1.29, 1.82) is 0 Å². The van der Waals surface area contributed by atoms with Gasteiger partial charge >= 0.3 is 0 Å². The van der Waals surface area contributed by atoms with E-state index in [0.29, 0.717) is 0 Å². The smallest absolute Gasteiger partial charge is 0.00915 e. The first-order valence-electron chi connectivity index (χ1n) is 8.04. The van der Waals surface area contributed by atoms with Crippen LogP contribution in [0, 0.1) is 13.8 Å². The van der Waals surface area contributed by atoms with E-state index in [1.807, 2.05) is 27.7 Å². The molecule has 0 spiro atoms. The second-order valence-electron chi connectivity index (χ2n) is 4.39. The van der Waals surface area contributed by atoms with E-state index in [1.165, 1.54) is 22.3 Å². The lowest BCUT2D eigenvalue weighted by Gasteiger charge is -2.02. The maximum absolute atomic E-state index is 2.24. The molecule has 0 saturated carbocycles. The normalized spacial score (nSPS) is 9.43. The predicted octanol–water partition coefficient (Wildman–Crippen LogP) is 6.61. The Morgan fingerprint density at radius 2 is 1.24 bits per heavy atom. The minimum absolute atomic E-state index is 1.00. The Bertz CT molecular complexity index is 521. The van der Waals surface area contributed by atoms with Crippen LogP contribution < -0.4 is 0 Å². The summed E-state index contributed by atoms with van der Waals surface area (Å²) in [4.78, 5) is 0. The molecular formula is C21H30. The van der Waals surface area contributed by atoms with Crippen LogP contribution in [0.2, 0.25) is 0 Å². The van der Waals surface area contributed by atoms with E-state index in [2.05, 4.69) is 74.5 Å². The molecule has 0 N–H and O–H groups in total. The maximum atomic E-state index is 2.24. The summed E-state index contributed by atoms with van der Waals surface area (Å²) in [5.41, 5.74) is 5.40. The standard InChI is InChI=1S/C17H18.2C2H6/c1-14-8-3-5-10-16(14)12-7-13-17-11-6-4-9-15(17)2;2*1-2/h3-12H,13H2,1-2H3;2*1-2H3/b12-7+;;. The highest BCUT2D eigenvalue weighted by atomic mass is 14.0. The molecule has 0 heterocycles. The van der Waals surface area contributed by atoms with E-state index in [1.54, 1.807) is 0 Å². The van der Waals surface area contributed by atoms with Gasteiger partial charge in [0, 0.05) is 0 Å². The lowest BCUT2D eigenvalue weighted by Crippen LogP contribution is -1.85. The molecule has 0 amide bonds. The van der Waals surface area contributed by atoms with Crippen LogP contribution in [0.25, 0.3) is 6.08 Å². The van der Waals surface area contributed by atoms with E-state index < -0.39 is 0 Å². The van der Waals surface area contributed by atoms with Crippen LogP contribution in [0.1, 0.15) is 49.9 Å². The average molecular weight is 282 g/mol. The molecule has 2 aromatic carbocycles. The summed E-state index contributed by atoms with van der Waals surface area (Å²) in [6, 6.07) is 17.0. The third kappa shape index (κ3) is 6.94. The van der Waals surface area contributed by atoms with Gasteiger partial charge in [-0.1, -0.05) is 88.4 Å². The van der Waals surface area contributed by atoms with Crippen molar-refractivity contribution in [2.24, 2.45) is 0 Å². The predicted molar refractivity (Wildman–Crippen MR) is 97.8 cm³/mol. The molecule has 0 atom stereocenters. The van der Waals surface area contributed by atoms with Gasteiger partial charge in [0.25, 0.3) is 0 Å². The highest BCUT2D eigenvalue weighted by Crippen LogP contribution is 2.12. The first kappa shape index (κ1) is 19.2. The summed E-state index contributed by atoms with van der Waals surface area (Å²) < 4.78 is 0. The maximum Gasteiger partial charge on any atom is -0.00915 e. The van der Waals surface area contributed by atoms with E-state index >= 15 is 0 Å². The monoisotopic (exact) mass is 282 g/mol. The van der Waals surface area contributed by atoms with E-state index in [0.717, 1.165) is 6.42 Å². The fourth-order valence-corrected chi connectivity index (χ4v) is 1.93. The van der Waals surface area contributed by atoms with Gasteiger partial charge in [0.15, 0.2) is 0 Å². The Hall–Kier alpha value is -1.82. The van der Waals surface area contributed by atoms with Crippen LogP contribution in [0.4, 0.5) is 0 Å². The van der Waals surface area contributed by atoms with Gasteiger partial charge in [-0.15, -0.1) is 0 Å². The molecule has 0 heteroatoms. The fraction of sp³-hybridized carbons (Fsp3) is 0.333. The first-order valence-corrected chi connectivity index (χ1v) is 8.04. The van der Waals surface area contributed by atoms with Crippen molar-refractivity contribution in [2.75, 3.05) is 0 Å². The molecule has 0 radical (unpaired) electrons. The van der Waals surface area contributed by atoms with Crippen molar-refractivity contribution in [3.63, 3.8) is 0 Å². The van der Waals surface area contributed by atoms with E-state index in [9.17, 15) is 0 Å². The largest absolute Gasteiger partial charge is 0.0795 e. The van der Waals surface area contributed by atoms with E-state index in [-0.39, 0.29) is 0 Å². The zero-order valence-corrected chi connectivity index (χ0v) is 14.5. The fourth-order valence-electron chi connectivity index (χ4n) is 1.93. The van der Waals surface area contributed by atoms with Gasteiger partial charge in [-0.05, 0) is 42.5 Å². The topological polar surface area (TPSA) is 0 Å². The molecule has 0 unspecified atom stereocenters. The molecule has 21 heavy (non-hydrogen) atoms. The Labute approximate surface area is 131 Å². The number of hydrogen-bond donors (Lipinski definition) is 0. The summed E-state index contributed by atoms with van der Waals surface area (Å²) in [5, 5.41) is 0. The molecule has 0 aliphatic carbocycles. The molecule has 0 aliphatic rings. The molecule has 2 rings (SSSR count). The second-order valence-corrected chi connectivity index (χ2v) is 4.39. The van der Waals surface area contributed by atoms with Gasteiger partial charge in [-0.3, -0.25) is 0 Å². The van der Waals surface area contributed by atoms with Crippen molar-refractivity contribution in [3.05, 3.63) is 76.9 Å². The Balaban J connectivity index is 0.000000921. The highest BCUT2D eigenvalue weighted by molar-refractivity contribution is 5.53. The minimum atomic E-state index is 1.00. The Morgan fingerprint density at radius 1 is 0.714 bits per heavy atom. The van der Waals surface area contributed by atoms with Crippen LogP contribution in [0.15, 0.2) is 54.6 Å². The molecule has 0 aromatic heterocycles. The molecule has 2 aromatic rings. The SMILES string of the molecule is CC.CC.Cc1ccccc1/C=C/Cc1ccccc1C. The van der Waals surface area contributed by atoms with Crippen molar-refractivity contribution >= 4 is 6.08 Å². The lowest BCUT2D eigenvalue weighted by molar-refractivity contribution is 1.22. The molecule has 0 nitrogen and oxygen atoms in total. The molecular weight excluding hydrogens is 252 g/mol. The van der Waals surface area contributed by atoms with Gasteiger partial charge in [-0.2, -0.15) is 0 Å². The summed E-state index contributed by atoms with van der Waals surface area (Å²) >= 11 is 0. The summed E-state index contributed by atoms with van der Waals surface area (Å²) in [5.74, 6) is 0. The first-order chi connectivity index (χ1) is 10.3. The molecule has 0 saturated heterocycles. The zero-order valence-electron chi connectivity index (χ0n) is 14.5. The van der Waals surface area contributed by atoms with Crippen molar-refractivity contribution in [3.8, 4) is 0 Å². The van der Waals surface area contributed by atoms with Gasteiger partial charge < -0.3 is 0 Å². The quantitative estimate of drug-likeness (QED) is 0.594. The molecule has 0 fully saturated rings. The Kier molecular flexibility index (Phi) is 10.9. The van der Waals surface area contributed by atoms with Crippen molar-refractivity contribution in [2.45, 2.75) is 48.0 Å². The third-order valence-electron chi connectivity index (χ3n) is 3.08. The summed E-state index contributed by atoms with van der Waals surface area (Å²) in [6.45, 7) is 12.3. The molecule has 0 aliphatic heterocycles. The van der Waals surface area contributed by atoms with Crippen LogP contribution in [-0.4, -0.2) is 0 Å². The van der Waals surface area contributed by atoms with E-state index in [4.69, 9.17) is 0 Å². The zero-order chi connectivity index (χ0) is 16.1. The van der Waals surface area contributed by atoms with Crippen molar-refractivity contribution < 1.29 is 0 Å². The summed E-state index contributed by atoms with van der Waals surface area (Å²) in [7, 11) is 0. The average Bonchev–Trinajstić information content (AvgIpc) is 2.55. The minimum Gasteiger partial charge on any atom is -0.0795 e. The van der Waals surface area contributed by atoms with Crippen LogP contribution in [0.5, 0.6) is 0 Å². The summed E-state index contributed by atoms with van der Waals surface area (Å²) in [6.07, 6.45) is 5.45. The number of allylic oxidation sites excluding steroid dienone is 1. The van der Waals surface area contributed by atoms with Crippen LogP contribution in [0.3, 0.4) is 0 Å². The lowest BCUT2D eigenvalue weighted by atomic mass is 10.0. The van der Waals surface area contributed by atoms with Gasteiger partial charge in [0.1, 0.15) is 0 Å². The van der Waals surface area contributed by atoms with Crippen LogP contribution in [-0.2, 0) is 6.42 Å². The van der Waals surface area contributed by atoms with Crippen LogP contribution >= 0.6 is 0 Å². The molecule has 114 valence electrons. The number of hydrogen-bond acceptors (Lipinski definition) is 0. The highest BCUT2D eigenvalue weighted by Gasteiger charge is 1.94.